The minimum Gasteiger partial charge on any atom is -0.379 e. The van der Waals surface area contributed by atoms with Gasteiger partial charge in [0.15, 0.2) is 0 Å². The number of nitrogens with zero attached hydrogens (tertiary/aromatic N) is 2. The van der Waals surface area contributed by atoms with Gasteiger partial charge < -0.3 is 10.1 Å². The Morgan fingerprint density at radius 3 is 2.73 bits per heavy atom. The quantitative estimate of drug-likeness (QED) is 0.571. The molecule has 1 amide bonds. The Morgan fingerprint density at radius 2 is 1.97 bits per heavy atom. The predicted octanol–water partition coefficient (Wildman–Crippen LogP) is 3.86. The van der Waals surface area contributed by atoms with Crippen molar-refractivity contribution in [3.05, 3.63) is 64.9 Å². The molecule has 1 aromatic heterocycles. The first-order valence-electron chi connectivity index (χ1n) is 9.95. The number of para-hydroxylation sites is 1. The molecule has 1 aliphatic heterocycles. The van der Waals surface area contributed by atoms with Gasteiger partial charge in [-0.25, -0.2) is 9.37 Å². The number of hydrogen-bond acceptors (Lipinski definition) is 6. The van der Waals surface area contributed by atoms with E-state index in [1.54, 1.807) is 35.2 Å². The van der Waals surface area contributed by atoms with E-state index in [1.807, 2.05) is 18.2 Å². The van der Waals surface area contributed by atoms with Crippen molar-refractivity contribution in [3.8, 4) is 0 Å². The average molecular weight is 446 g/mol. The van der Waals surface area contributed by atoms with Gasteiger partial charge in [-0.1, -0.05) is 24.3 Å². The summed E-state index contributed by atoms with van der Waals surface area (Å²) in [5, 5.41) is 4.09. The number of carbonyl (C=O) groups is 1. The fourth-order valence-corrected chi connectivity index (χ4v) is 5.38. The van der Waals surface area contributed by atoms with Crippen molar-refractivity contribution in [2.24, 2.45) is 0 Å². The highest BCUT2D eigenvalue weighted by Gasteiger charge is 2.23. The highest BCUT2D eigenvalue weighted by Crippen LogP contribution is 2.25. The lowest BCUT2D eigenvalue weighted by molar-refractivity contribution is -0.118. The topological polar surface area (TPSA) is 54.5 Å². The van der Waals surface area contributed by atoms with Gasteiger partial charge in [-0.05, 0) is 29.8 Å². The van der Waals surface area contributed by atoms with Crippen molar-refractivity contribution in [3.63, 3.8) is 0 Å². The third-order valence-corrected chi connectivity index (χ3v) is 7.19. The molecule has 30 heavy (non-hydrogen) atoms. The first-order chi connectivity index (χ1) is 14.7. The Morgan fingerprint density at radius 1 is 1.20 bits per heavy atom. The zero-order chi connectivity index (χ0) is 20.8. The lowest BCUT2D eigenvalue weighted by Gasteiger charge is -2.35. The first kappa shape index (κ1) is 21.2. The molecule has 5 nitrogen and oxygen atoms in total. The fourth-order valence-electron chi connectivity index (χ4n) is 3.51. The lowest BCUT2D eigenvalue weighted by atomic mass is 10.0. The van der Waals surface area contributed by atoms with Crippen LogP contribution in [-0.4, -0.2) is 54.4 Å². The molecule has 0 spiro atoms. The van der Waals surface area contributed by atoms with E-state index in [1.165, 1.54) is 16.8 Å². The number of carbonyl (C=O) groups excluding carboxylic acids is 1. The molecule has 2 heterocycles. The molecule has 1 aliphatic rings. The molecular weight excluding hydrogens is 421 g/mol. The van der Waals surface area contributed by atoms with E-state index in [2.05, 4.69) is 21.3 Å². The summed E-state index contributed by atoms with van der Waals surface area (Å²) in [5.74, 6) is 0.850. The molecule has 3 aromatic rings. The Hall–Kier alpha value is -2.00. The number of aromatic nitrogens is 1. The number of morpholine rings is 1. The molecule has 1 atom stereocenters. The van der Waals surface area contributed by atoms with E-state index >= 15 is 0 Å². The molecule has 1 fully saturated rings. The second-order valence-corrected chi connectivity index (χ2v) is 9.19. The Labute approximate surface area is 183 Å². The van der Waals surface area contributed by atoms with Crippen molar-refractivity contribution in [2.75, 3.05) is 38.6 Å². The molecule has 1 unspecified atom stereocenters. The van der Waals surface area contributed by atoms with E-state index in [9.17, 15) is 9.18 Å². The predicted molar refractivity (Wildman–Crippen MR) is 120 cm³/mol. The van der Waals surface area contributed by atoms with Gasteiger partial charge in [-0.2, -0.15) is 0 Å². The maximum atomic E-state index is 13.3. The SMILES string of the molecule is O=C(CSCc1nc2ccccc2s1)NCC(c1ccc(F)cc1)N1CCOCC1. The molecule has 0 aliphatic carbocycles. The van der Waals surface area contributed by atoms with Crippen LogP contribution in [0, 0.1) is 5.82 Å². The number of halogens is 1. The number of ether oxygens (including phenoxy) is 1. The van der Waals surface area contributed by atoms with Crippen LogP contribution >= 0.6 is 23.1 Å². The molecular formula is C22H24FN3O2S2. The van der Waals surface area contributed by atoms with Crippen molar-refractivity contribution in [1.29, 1.82) is 0 Å². The first-order valence-corrected chi connectivity index (χ1v) is 11.9. The van der Waals surface area contributed by atoms with E-state index < -0.39 is 0 Å². The van der Waals surface area contributed by atoms with Crippen LogP contribution < -0.4 is 5.32 Å². The number of benzene rings is 2. The molecule has 0 saturated carbocycles. The molecule has 1 N–H and O–H groups in total. The number of thioether (sulfide) groups is 1. The summed E-state index contributed by atoms with van der Waals surface area (Å²) in [7, 11) is 0. The van der Waals surface area contributed by atoms with Gasteiger partial charge in [0.05, 0.1) is 35.2 Å². The molecule has 1 saturated heterocycles. The van der Waals surface area contributed by atoms with Gasteiger partial charge in [0.2, 0.25) is 5.91 Å². The van der Waals surface area contributed by atoms with Gasteiger partial charge in [-0.15, -0.1) is 23.1 Å². The highest BCUT2D eigenvalue weighted by molar-refractivity contribution is 7.99. The lowest BCUT2D eigenvalue weighted by Crippen LogP contribution is -2.44. The van der Waals surface area contributed by atoms with Crippen molar-refractivity contribution in [2.45, 2.75) is 11.8 Å². The van der Waals surface area contributed by atoms with Crippen LogP contribution in [0.4, 0.5) is 4.39 Å². The Balaban J connectivity index is 1.29. The number of amides is 1. The van der Waals surface area contributed by atoms with E-state index in [0.29, 0.717) is 25.5 Å². The largest absolute Gasteiger partial charge is 0.379 e. The number of rotatable bonds is 8. The van der Waals surface area contributed by atoms with E-state index in [0.717, 1.165) is 34.9 Å². The Kier molecular flexibility index (Phi) is 7.33. The van der Waals surface area contributed by atoms with Crippen molar-refractivity contribution < 1.29 is 13.9 Å². The standard InChI is InChI=1S/C22H24FN3O2S2/c23-17-7-5-16(6-8-17)19(26-9-11-28-12-10-26)13-24-21(27)14-29-15-22-25-18-3-1-2-4-20(18)30-22/h1-8,19H,9-15H2,(H,24,27). The third-order valence-electron chi connectivity index (χ3n) is 5.03. The minimum absolute atomic E-state index is 0.00137. The molecule has 158 valence electrons. The van der Waals surface area contributed by atoms with Crippen LogP contribution in [-0.2, 0) is 15.3 Å². The monoisotopic (exact) mass is 445 g/mol. The van der Waals surface area contributed by atoms with E-state index in [-0.39, 0.29) is 17.8 Å². The molecule has 8 heteroatoms. The minimum atomic E-state index is -0.255. The van der Waals surface area contributed by atoms with Crippen LogP contribution in [0.15, 0.2) is 48.5 Å². The summed E-state index contributed by atoms with van der Waals surface area (Å²) < 4.78 is 20.0. The molecule has 2 aromatic carbocycles. The summed E-state index contributed by atoms with van der Waals surface area (Å²) in [6.07, 6.45) is 0. The average Bonchev–Trinajstić information content (AvgIpc) is 3.19. The van der Waals surface area contributed by atoms with Gasteiger partial charge in [-0.3, -0.25) is 9.69 Å². The van der Waals surface area contributed by atoms with Gasteiger partial charge in [0, 0.05) is 25.4 Å². The summed E-state index contributed by atoms with van der Waals surface area (Å²) >= 11 is 3.24. The van der Waals surface area contributed by atoms with Crippen LogP contribution in [0.1, 0.15) is 16.6 Å². The normalized spacial score (nSPS) is 15.9. The van der Waals surface area contributed by atoms with Crippen molar-refractivity contribution >= 4 is 39.2 Å². The van der Waals surface area contributed by atoms with Gasteiger partial charge in [0.25, 0.3) is 0 Å². The van der Waals surface area contributed by atoms with Crippen LogP contribution in [0.2, 0.25) is 0 Å². The summed E-state index contributed by atoms with van der Waals surface area (Å²) in [4.78, 5) is 19.3. The highest BCUT2D eigenvalue weighted by atomic mass is 32.2. The van der Waals surface area contributed by atoms with E-state index in [4.69, 9.17) is 4.74 Å². The number of thiazole rings is 1. The summed E-state index contributed by atoms with van der Waals surface area (Å²) in [6.45, 7) is 3.42. The molecule has 0 bridgehead atoms. The maximum Gasteiger partial charge on any atom is 0.230 e. The number of hydrogen-bond donors (Lipinski definition) is 1. The second kappa shape index (κ2) is 10.3. The van der Waals surface area contributed by atoms with Crippen LogP contribution in [0.25, 0.3) is 10.2 Å². The summed E-state index contributed by atoms with van der Waals surface area (Å²) in [5.41, 5.74) is 2.01. The zero-order valence-corrected chi connectivity index (χ0v) is 18.2. The van der Waals surface area contributed by atoms with Gasteiger partial charge >= 0.3 is 0 Å². The Bertz CT molecular complexity index is 941. The zero-order valence-electron chi connectivity index (χ0n) is 16.6. The maximum absolute atomic E-state index is 13.3. The van der Waals surface area contributed by atoms with Crippen LogP contribution in [0.5, 0.6) is 0 Å². The number of nitrogens with one attached hydrogen (secondary N) is 1. The third kappa shape index (κ3) is 5.57. The second-order valence-electron chi connectivity index (χ2n) is 7.09. The molecule has 4 rings (SSSR count). The summed E-state index contributed by atoms with van der Waals surface area (Å²) in [6, 6.07) is 14.6. The van der Waals surface area contributed by atoms with Gasteiger partial charge in [0.1, 0.15) is 10.8 Å². The van der Waals surface area contributed by atoms with Crippen molar-refractivity contribution in [1.82, 2.24) is 15.2 Å². The fraction of sp³-hybridized carbons (Fsp3) is 0.364. The molecule has 0 radical (unpaired) electrons. The number of fused-ring (bicyclic) bond motifs is 1. The smallest absolute Gasteiger partial charge is 0.230 e. The van der Waals surface area contributed by atoms with Crippen LogP contribution in [0.3, 0.4) is 0 Å².